The fourth-order valence-electron chi connectivity index (χ4n) is 3.91. The highest BCUT2D eigenvalue weighted by atomic mass is 16.8. The van der Waals surface area contributed by atoms with Gasteiger partial charge in [-0.2, -0.15) is 0 Å². The molecule has 3 heterocycles. The number of rotatable bonds is 9. The molecule has 8 atom stereocenters. The minimum atomic E-state index is -2.04. The summed E-state index contributed by atoms with van der Waals surface area (Å²) in [6.45, 7) is -1.91. The standard InChI is InChI=1S/C24H29NO12/c26-9-13-3-5-15(6-4-13)35-22-19(18(29)17(28)16(10-27)36-22)37-23-20(30)24(32,12-34-23)11-33-21(31)14-2-1-7-25-8-14/h1-8,16-20,22-23,26-30,32H,9-12H2/t16-,17-,18+,19-,20+,22-,23+,24-/m1/s1. The van der Waals surface area contributed by atoms with Crippen molar-refractivity contribution in [1.29, 1.82) is 0 Å². The van der Waals surface area contributed by atoms with Crippen LogP contribution in [-0.2, 0) is 25.6 Å². The van der Waals surface area contributed by atoms with Crippen LogP contribution in [0.2, 0.25) is 0 Å². The molecule has 0 radical (unpaired) electrons. The Labute approximate surface area is 211 Å². The minimum absolute atomic E-state index is 0.147. The summed E-state index contributed by atoms with van der Waals surface area (Å²) in [6.07, 6.45) is -7.69. The van der Waals surface area contributed by atoms with Crippen molar-refractivity contribution in [2.24, 2.45) is 0 Å². The molecule has 1 aromatic heterocycles. The summed E-state index contributed by atoms with van der Waals surface area (Å²) < 4.78 is 27.5. The number of hydrogen-bond acceptors (Lipinski definition) is 13. The minimum Gasteiger partial charge on any atom is -0.462 e. The Balaban J connectivity index is 1.44. The summed E-state index contributed by atoms with van der Waals surface area (Å²) in [5, 5.41) is 61.3. The van der Waals surface area contributed by atoms with Gasteiger partial charge in [-0.15, -0.1) is 0 Å². The first-order valence-electron chi connectivity index (χ1n) is 11.5. The van der Waals surface area contributed by atoms with E-state index in [1.807, 2.05) is 0 Å². The van der Waals surface area contributed by atoms with Gasteiger partial charge in [-0.05, 0) is 29.8 Å². The number of carbonyl (C=O) groups is 1. The normalized spacial score (nSPS) is 33.7. The molecule has 13 nitrogen and oxygen atoms in total. The second kappa shape index (κ2) is 11.8. The van der Waals surface area contributed by atoms with Crippen molar-refractivity contribution < 1.29 is 59.1 Å². The van der Waals surface area contributed by atoms with E-state index >= 15 is 0 Å². The van der Waals surface area contributed by atoms with Crippen molar-refractivity contribution in [2.75, 3.05) is 19.8 Å². The lowest BCUT2D eigenvalue weighted by atomic mass is 9.98. The van der Waals surface area contributed by atoms with E-state index in [1.165, 1.54) is 36.7 Å². The van der Waals surface area contributed by atoms with Gasteiger partial charge < -0.3 is 54.3 Å². The Morgan fingerprint density at radius 1 is 1.08 bits per heavy atom. The van der Waals surface area contributed by atoms with Gasteiger partial charge in [0.15, 0.2) is 18.0 Å². The largest absolute Gasteiger partial charge is 0.462 e. The van der Waals surface area contributed by atoms with E-state index in [4.69, 9.17) is 23.7 Å². The molecule has 4 rings (SSSR count). The Morgan fingerprint density at radius 2 is 1.84 bits per heavy atom. The van der Waals surface area contributed by atoms with Gasteiger partial charge in [-0.1, -0.05) is 12.1 Å². The summed E-state index contributed by atoms with van der Waals surface area (Å²) in [7, 11) is 0. The number of esters is 1. The van der Waals surface area contributed by atoms with Crippen molar-refractivity contribution in [3.63, 3.8) is 0 Å². The maximum absolute atomic E-state index is 12.2. The zero-order valence-electron chi connectivity index (χ0n) is 19.6. The number of benzene rings is 1. The van der Waals surface area contributed by atoms with Crippen molar-refractivity contribution in [1.82, 2.24) is 4.98 Å². The molecule has 0 unspecified atom stereocenters. The van der Waals surface area contributed by atoms with Gasteiger partial charge in [0.25, 0.3) is 0 Å². The van der Waals surface area contributed by atoms with E-state index in [-0.39, 0.29) is 17.9 Å². The fourth-order valence-corrected chi connectivity index (χ4v) is 3.91. The van der Waals surface area contributed by atoms with Crippen LogP contribution in [0.1, 0.15) is 15.9 Å². The zero-order chi connectivity index (χ0) is 26.6. The zero-order valence-corrected chi connectivity index (χ0v) is 19.6. The first-order valence-corrected chi connectivity index (χ1v) is 11.5. The van der Waals surface area contributed by atoms with E-state index in [9.17, 15) is 35.4 Å². The molecule has 37 heavy (non-hydrogen) atoms. The fraction of sp³-hybridized carbons (Fsp3) is 0.500. The van der Waals surface area contributed by atoms with Crippen LogP contribution in [0.5, 0.6) is 5.75 Å². The van der Waals surface area contributed by atoms with E-state index in [2.05, 4.69) is 4.98 Å². The first-order chi connectivity index (χ1) is 17.8. The van der Waals surface area contributed by atoms with Crippen LogP contribution in [0.4, 0.5) is 0 Å². The molecule has 6 N–H and O–H groups in total. The molecule has 2 saturated heterocycles. The van der Waals surface area contributed by atoms with Crippen LogP contribution in [0.15, 0.2) is 48.8 Å². The van der Waals surface area contributed by atoms with Crippen molar-refractivity contribution in [3.8, 4) is 5.75 Å². The molecule has 0 aliphatic carbocycles. The monoisotopic (exact) mass is 523 g/mol. The average molecular weight is 523 g/mol. The van der Waals surface area contributed by atoms with Crippen LogP contribution >= 0.6 is 0 Å². The quantitative estimate of drug-likeness (QED) is 0.199. The molecule has 2 aliphatic rings. The van der Waals surface area contributed by atoms with Crippen LogP contribution < -0.4 is 4.74 Å². The number of pyridine rings is 1. The van der Waals surface area contributed by atoms with E-state index < -0.39 is 74.5 Å². The molecular weight excluding hydrogens is 494 g/mol. The maximum Gasteiger partial charge on any atom is 0.339 e. The number of ether oxygens (including phenoxy) is 5. The molecule has 0 spiro atoms. The summed E-state index contributed by atoms with van der Waals surface area (Å²) in [5.74, 6) is -0.504. The lowest BCUT2D eigenvalue weighted by Crippen LogP contribution is -2.62. The van der Waals surface area contributed by atoms with Gasteiger partial charge in [0, 0.05) is 12.4 Å². The topological polar surface area (TPSA) is 197 Å². The predicted molar refractivity (Wildman–Crippen MR) is 121 cm³/mol. The first kappa shape index (κ1) is 27.3. The third kappa shape index (κ3) is 6.06. The van der Waals surface area contributed by atoms with Crippen molar-refractivity contribution in [3.05, 3.63) is 59.9 Å². The molecule has 2 aromatic rings. The SMILES string of the molecule is O=C(OC[C@@]1(O)CO[C@@H](O[C@H]2[C@H](Oc3ccc(CO)cc3)O[C@H](CO)[C@@H](O)[C@@H]2O)[C@@H]1O)c1cccnc1. The lowest BCUT2D eigenvalue weighted by molar-refractivity contribution is -0.318. The molecule has 202 valence electrons. The van der Waals surface area contributed by atoms with Crippen LogP contribution in [0.3, 0.4) is 0 Å². The Hall–Kier alpha value is -2.72. The van der Waals surface area contributed by atoms with Gasteiger partial charge in [0.2, 0.25) is 6.29 Å². The summed E-state index contributed by atoms with van der Waals surface area (Å²) in [4.78, 5) is 16.0. The highest BCUT2D eigenvalue weighted by molar-refractivity contribution is 5.88. The number of aliphatic hydroxyl groups excluding tert-OH is 5. The second-order valence-electron chi connectivity index (χ2n) is 8.77. The molecule has 2 fully saturated rings. The van der Waals surface area contributed by atoms with Crippen LogP contribution in [0.25, 0.3) is 0 Å². The van der Waals surface area contributed by atoms with E-state index in [1.54, 1.807) is 12.1 Å². The van der Waals surface area contributed by atoms with Crippen LogP contribution in [-0.4, -0.2) is 110 Å². The summed E-state index contributed by atoms with van der Waals surface area (Å²) in [6, 6.07) is 9.27. The van der Waals surface area contributed by atoms with Gasteiger partial charge in [-0.3, -0.25) is 4.98 Å². The predicted octanol–water partition coefficient (Wildman–Crippen LogP) is -1.92. The van der Waals surface area contributed by atoms with Gasteiger partial charge in [-0.25, -0.2) is 4.79 Å². The van der Waals surface area contributed by atoms with Crippen molar-refractivity contribution in [2.45, 2.75) is 55.3 Å². The Kier molecular flexibility index (Phi) is 8.69. The smallest absolute Gasteiger partial charge is 0.339 e. The van der Waals surface area contributed by atoms with E-state index in [0.717, 1.165) is 0 Å². The highest BCUT2D eigenvalue weighted by Gasteiger charge is 2.54. The van der Waals surface area contributed by atoms with Gasteiger partial charge >= 0.3 is 5.97 Å². The molecule has 1 aromatic carbocycles. The molecule has 13 heteroatoms. The van der Waals surface area contributed by atoms with E-state index in [0.29, 0.717) is 5.56 Å². The van der Waals surface area contributed by atoms with Gasteiger partial charge in [0.1, 0.15) is 36.8 Å². The third-order valence-corrected chi connectivity index (χ3v) is 6.13. The van der Waals surface area contributed by atoms with Crippen molar-refractivity contribution >= 4 is 5.97 Å². The molecule has 2 aliphatic heterocycles. The number of nitrogens with zero attached hydrogens (tertiary/aromatic N) is 1. The average Bonchev–Trinajstić information content (AvgIpc) is 3.21. The van der Waals surface area contributed by atoms with Gasteiger partial charge in [0.05, 0.1) is 25.4 Å². The van der Waals surface area contributed by atoms with Crippen LogP contribution in [0, 0.1) is 0 Å². The third-order valence-electron chi connectivity index (χ3n) is 6.13. The number of aromatic nitrogens is 1. The molecular formula is C24H29NO12. The molecule has 0 amide bonds. The summed E-state index contributed by atoms with van der Waals surface area (Å²) in [5.41, 5.74) is -1.26. The highest BCUT2D eigenvalue weighted by Crippen LogP contribution is 2.32. The number of aliphatic hydroxyl groups is 6. The molecule has 0 bridgehead atoms. The lowest BCUT2D eigenvalue weighted by Gasteiger charge is -2.42. The second-order valence-corrected chi connectivity index (χ2v) is 8.77. The Bertz CT molecular complexity index is 1020. The number of carbonyl (C=O) groups excluding carboxylic acids is 1. The maximum atomic E-state index is 12.2. The summed E-state index contributed by atoms with van der Waals surface area (Å²) >= 11 is 0. The number of hydrogen-bond donors (Lipinski definition) is 6. The molecule has 0 saturated carbocycles. The Morgan fingerprint density at radius 3 is 2.49 bits per heavy atom.